The normalized spacial score (nSPS) is 26.6. The molecule has 4 nitrogen and oxygen atoms in total. The van der Waals surface area contributed by atoms with Crippen molar-refractivity contribution in [2.45, 2.75) is 71.4 Å². The van der Waals surface area contributed by atoms with E-state index < -0.39 is 5.54 Å². The van der Waals surface area contributed by atoms with Crippen LogP contribution in [0.1, 0.15) is 59.8 Å². The highest BCUT2D eigenvalue weighted by Gasteiger charge is 2.47. The summed E-state index contributed by atoms with van der Waals surface area (Å²) in [4.78, 5) is 12.0. The van der Waals surface area contributed by atoms with Gasteiger partial charge in [-0.15, -0.1) is 0 Å². The standard InChI is InChI=1S/C16H32N2O2/c1-12(2)7-10-20-11-8-14-6-5-9-16(14,15(17)19)18-13(3)4/h12-14,18H,5-11H2,1-4H3,(H2,17,19). The van der Waals surface area contributed by atoms with E-state index in [2.05, 4.69) is 33.0 Å². The van der Waals surface area contributed by atoms with Crippen molar-refractivity contribution in [3.8, 4) is 0 Å². The van der Waals surface area contributed by atoms with Gasteiger partial charge in [0.2, 0.25) is 5.91 Å². The van der Waals surface area contributed by atoms with Crippen LogP contribution in [0.5, 0.6) is 0 Å². The second-order valence-electron chi connectivity index (χ2n) is 6.81. The molecule has 1 aliphatic carbocycles. The maximum Gasteiger partial charge on any atom is 0.238 e. The lowest BCUT2D eigenvalue weighted by Gasteiger charge is -2.35. The van der Waals surface area contributed by atoms with E-state index in [9.17, 15) is 4.79 Å². The highest BCUT2D eigenvalue weighted by atomic mass is 16.5. The van der Waals surface area contributed by atoms with E-state index in [-0.39, 0.29) is 11.9 Å². The first-order valence-electron chi connectivity index (χ1n) is 8.04. The SMILES string of the molecule is CC(C)CCOCCC1CCCC1(NC(C)C)C(N)=O. The monoisotopic (exact) mass is 284 g/mol. The smallest absolute Gasteiger partial charge is 0.238 e. The maximum atomic E-state index is 12.0. The number of hydrogen-bond donors (Lipinski definition) is 2. The Balaban J connectivity index is 2.47. The van der Waals surface area contributed by atoms with Gasteiger partial charge in [-0.25, -0.2) is 0 Å². The molecule has 1 aliphatic rings. The summed E-state index contributed by atoms with van der Waals surface area (Å²) < 4.78 is 5.70. The minimum atomic E-state index is -0.518. The van der Waals surface area contributed by atoms with Gasteiger partial charge in [-0.1, -0.05) is 20.3 Å². The molecule has 0 aromatic rings. The number of hydrogen-bond acceptors (Lipinski definition) is 3. The quantitative estimate of drug-likeness (QED) is 0.639. The van der Waals surface area contributed by atoms with Gasteiger partial charge in [-0.05, 0) is 51.4 Å². The number of nitrogens with one attached hydrogen (secondary N) is 1. The van der Waals surface area contributed by atoms with Crippen LogP contribution in [0.3, 0.4) is 0 Å². The third kappa shape index (κ3) is 4.74. The molecule has 0 heterocycles. The molecule has 2 atom stereocenters. The summed E-state index contributed by atoms with van der Waals surface area (Å²) in [5.74, 6) is 0.783. The van der Waals surface area contributed by atoms with Crippen molar-refractivity contribution in [2.75, 3.05) is 13.2 Å². The van der Waals surface area contributed by atoms with E-state index >= 15 is 0 Å². The summed E-state index contributed by atoms with van der Waals surface area (Å²) in [6, 6.07) is 0.268. The number of ether oxygens (including phenoxy) is 1. The van der Waals surface area contributed by atoms with Crippen LogP contribution in [0, 0.1) is 11.8 Å². The highest BCUT2D eigenvalue weighted by Crippen LogP contribution is 2.38. The molecule has 0 aromatic carbocycles. The van der Waals surface area contributed by atoms with Gasteiger partial charge < -0.3 is 15.8 Å². The zero-order chi connectivity index (χ0) is 15.2. The fraction of sp³-hybridized carbons (Fsp3) is 0.938. The van der Waals surface area contributed by atoms with Gasteiger partial charge >= 0.3 is 0 Å². The number of rotatable bonds is 9. The average Bonchev–Trinajstić information content (AvgIpc) is 2.72. The lowest BCUT2D eigenvalue weighted by Crippen LogP contribution is -2.60. The Bertz CT molecular complexity index is 305. The first-order chi connectivity index (χ1) is 9.38. The predicted molar refractivity (Wildman–Crippen MR) is 82.4 cm³/mol. The van der Waals surface area contributed by atoms with Gasteiger partial charge in [0.05, 0.1) is 0 Å². The Morgan fingerprint density at radius 2 is 2.05 bits per heavy atom. The Labute approximate surface area is 123 Å². The molecule has 1 fully saturated rings. The van der Waals surface area contributed by atoms with Crippen LogP contribution < -0.4 is 11.1 Å². The minimum Gasteiger partial charge on any atom is -0.381 e. The van der Waals surface area contributed by atoms with E-state index in [4.69, 9.17) is 10.5 Å². The topological polar surface area (TPSA) is 64.3 Å². The Kier molecular flexibility index (Phi) is 6.96. The molecule has 0 aromatic heterocycles. The first-order valence-corrected chi connectivity index (χ1v) is 8.04. The summed E-state index contributed by atoms with van der Waals surface area (Å²) in [5.41, 5.74) is 5.18. The van der Waals surface area contributed by atoms with Gasteiger partial charge in [0, 0.05) is 19.3 Å². The minimum absolute atomic E-state index is 0.198. The molecule has 0 aliphatic heterocycles. The zero-order valence-electron chi connectivity index (χ0n) is 13.6. The molecule has 1 rings (SSSR count). The van der Waals surface area contributed by atoms with E-state index in [1.54, 1.807) is 0 Å². The summed E-state index contributed by atoms with van der Waals surface area (Å²) in [6.45, 7) is 10.1. The number of primary amides is 1. The summed E-state index contributed by atoms with van der Waals surface area (Å²) >= 11 is 0. The van der Waals surface area contributed by atoms with Crippen LogP contribution in [-0.4, -0.2) is 30.7 Å². The maximum absolute atomic E-state index is 12.0. The molecule has 3 N–H and O–H groups in total. The summed E-state index contributed by atoms with van der Waals surface area (Å²) in [5, 5.41) is 3.43. The number of nitrogens with two attached hydrogens (primary N) is 1. The van der Waals surface area contributed by atoms with Crippen LogP contribution in [-0.2, 0) is 9.53 Å². The molecular weight excluding hydrogens is 252 g/mol. The molecule has 1 saturated carbocycles. The second kappa shape index (κ2) is 7.99. The first kappa shape index (κ1) is 17.4. The number of amides is 1. The van der Waals surface area contributed by atoms with Crippen molar-refractivity contribution in [3.05, 3.63) is 0 Å². The van der Waals surface area contributed by atoms with Gasteiger partial charge in [-0.2, -0.15) is 0 Å². The van der Waals surface area contributed by atoms with Crippen molar-refractivity contribution in [1.82, 2.24) is 5.32 Å². The van der Waals surface area contributed by atoms with Gasteiger partial charge in [0.1, 0.15) is 5.54 Å². The second-order valence-corrected chi connectivity index (χ2v) is 6.81. The molecule has 2 unspecified atom stereocenters. The van der Waals surface area contributed by atoms with Gasteiger partial charge in [-0.3, -0.25) is 4.79 Å². The van der Waals surface area contributed by atoms with Gasteiger partial charge in [0.15, 0.2) is 0 Å². The van der Waals surface area contributed by atoms with Crippen molar-refractivity contribution in [3.63, 3.8) is 0 Å². The van der Waals surface area contributed by atoms with Crippen LogP contribution in [0.15, 0.2) is 0 Å². The fourth-order valence-corrected chi connectivity index (χ4v) is 3.22. The predicted octanol–water partition coefficient (Wildman–Crippen LogP) is 2.46. The largest absolute Gasteiger partial charge is 0.381 e. The molecule has 1 amide bonds. The number of carbonyl (C=O) groups is 1. The van der Waals surface area contributed by atoms with E-state index in [1.165, 1.54) is 0 Å². The van der Waals surface area contributed by atoms with Crippen molar-refractivity contribution in [1.29, 1.82) is 0 Å². The molecule has 0 bridgehead atoms. The third-order valence-electron chi connectivity index (χ3n) is 4.26. The Morgan fingerprint density at radius 3 is 2.60 bits per heavy atom. The Hall–Kier alpha value is -0.610. The highest BCUT2D eigenvalue weighted by molar-refractivity contribution is 5.85. The van der Waals surface area contributed by atoms with E-state index in [1.807, 2.05) is 0 Å². The zero-order valence-corrected chi connectivity index (χ0v) is 13.6. The molecule has 0 radical (unpaired) electrons. The lowest BCUT2D eigenvalue weighted by atomic mass is 9.83. The summed E-state index contributed by atoms with van der Waals surface area (Å²) in [6.07, 6.45) is 5.00. The van der Waals surface area contributed by atoms with E-state index in [0.717, 1.165) is 45.3 Å². The summed E-state index contributed by atoms with van der Waals surface area (Å²) in [7, 11) is 0. The molecule has 0 spiro atoms. The third-order valence-corrected chi connectivity index (χ3v) is 4.26. The average molecular weight is 284 g/mol. The molecular formula is C16H32N2O2. The van der Waals surface area contributed by atoms with Crippen LogP contribution in [0.4, 0.5) is 0 Å². The van der Waals surface area contributed by atoms with Crippen molar-refractivity contribution >= 4 is 5.91 Å². The van der Waals surface area contributed by atoms with Crippen LogP contribution >= 0.6 is 0 Å². The van der Waals surface area contributed by atoms with E-state index in [0.29, 0.717) is 11.8 Å². The van der Waals surface area contributed by atoms with Crippen LogP contribution in [0.2, 0.25) is 0 Å². The van der Waals surface area contributed by atoms with Gasteiger partial charge in [0.25, 0.3) is 0 Å². The fourth-order valence-electron chi connectivity index (χ4n) is 3.22. The van der Waals surface area contributed by atoms with Crippen LogP contribution in [0.25, 0.3) is 0 Å². The van der Waals surface area contributed by atoms with Crippen molar-refractivity contribution < 1.29 is 9.53 Å². The molecule has 4 heteroatoms. The molecule has 118 valence electrons. The van der Waals surface area contributed by atoms with Crippen molar-refractivity contribution in [2.24, 2.45) is 17.6 Å². The number of carbonyl (C=O) groups excluding carboxylic acids is 1. The lowest BCUT2D eigenvalue weighted by molar-refractivity contribution is -0.126. The Morgan fingerprint density at radius 1 is 1.35 bits per heavy atom. The molecule has 20 heavy (non-hydrogen) atoms. The molecule has 0 saturated heterocycles.